The number of allylic oxidation sites excluding steroid dienone is 6. The van der Waals surface area contributed by atoms with E-state index in [4.69, 9.17) is 16.4 Å². The van der Waals surface area contributed by atoms with Gasteiger partial charge in [-0.15, -0.1) is 11.6 Å². The Hall–Kier alpha value is -1.20. The summed E-state index contributed by atoms with van der Waals surface area (Å²) >= 11 is 8.37. The fraction of sp³-hybridized carbons (Fsp3) is 0.636. The second-order valence-corrected chi connectivity index (χ2v) is 10.3. The molecule has 28 heavy (non-hydrogen) atoms. The number of halogens is 1. The molecule has 0 aromatic rings. The molecule has 0 aromatic heterocycles. The zero-order chi connectivity index (χ0) is 20.9. The molecular formula is C22H32ClNO3S. The van der Waals surface area contributed by atoms with E-state index in [1.54, 1.807) is 0 Å². The molecule has 2 rings (SSSR count). The molecule has 0 aromatic carbocycles. The molecule has 0 fully saturated rings. The van der Waals surface area contributed by atoms with E-state index >= 15 is 0 Å². The molecule has 6 heteroatoms. The van der Waals surface area contributed by atoms with Crippen molar-refractivity contribution in [3.8, 4) is 0 Å². The number of Topliss-reactive ketones (excluding diaryl/α,β-unsaturated/α-hetero) is 1. The summed E-state index contributed by atoms with van der Waals surface area (Å²) in [6.07, 6.45) is 8.03. The summed E-state index contributed by atoms with van der Waals surface area (Å²) in [5.41, 5.74) is 0.832. The van der Waals surface area contributed by atoms with Crippen molar-refractivity contribution in [1.82, 2.24) is 0 Å². The van der Waals surface area contributed by atoms with E-state index in [2.05, 4.69) is 19.0 Å². The number of carbonyl (C=O) groups is 1. The molecule has 0 saturated carbocycles. The number of alkyl halides is 1. The van der Waals surface area contributed by atoms with Gasteiger partial charge in [0.2, 0.25) is 0 Å². The molecule has 4 atom stereocenters. The molecule has 0 radical (unpaired) electrons. The molecule has 0 amide bonds. The Labute approximate surface area is 178 Å². The van der Waals surface area contributed by atoms with Gasteiger partial charge in [-0.2, -0.15) is 11.8 Å². The van der Waals surface area contributed by atoms with Gasteiger partial charge in [0.05, 0.1) is 16.2 Å². The van der Waals surface area contributed by atoms with Crippen LogP contribution in [-0.2, 0) is 9.63 Å². The summed E-state index contributed by atoms with van der Waals surface area (Å²) in [6.45, 7) is 10.1. The van der Waals surface area contributed by atoms with Crippen molar-refractivity contribution in [3.05, 3.63) is 35.3 Å². The molecular weight excluding hydrogens is 394 g/mol. The molecule has 4 unspecified atom stereocenters. The third-order valence-corrected chi connectivity index (χ3v) is 7.03. The summed E-state index contributed by atoms with van der Waals surface area (Å²) in [5, 5.41) is 15.3. The minimum absolute atomic E-state index is 0.0422. The van der Waals surface area contributed by atoms with Crippen LogP contribution in [0.15, 0.2) is 40.5 Å². The van der Waals surface area contributed by atoms with E-state index in [9.17, 15) is 9.90 Å². The second-order valence-electron chi connectivity index (χ2n) is 7.80. The highest BCUT2D eigenvalue weighted by molar-refractivity contribution is 7.99. The van der Waals surface area contributed by atoms with E-state index in [-0.39, 0.29) is 23.4 Å². The summed E-state index contributed by atoms with van der Waals surface area (Å²) in [4.78, 5) is 17.9. The maximum atomic E-state index is 12.8. The van der Waals surface area contributed by atoms with Gasteiger partial charge >= 0.3 is 0 Å². The van der Waals surface area contributed by atoms with Crippen molar-refractivity contribution in [3.63, 3.8) is 0 Å². The summed E-state index contributed by atoms with van der Waals surface area (Å²) in [6, 6.07) is 0. The van der Waals surface area contributed by atoms with E-state index in [0.29, 0.717) is 41.6 Å². The number of rotatable bonds is 8. The fourth-order valence-electron chi connectivity index (χ4n) is 3.69. The highest BCUT2D eigenvalue weighted by Gasteiger charge is 2.33. The monoisotopic (exact) mass is 425 g/mol. The van der Waals surface area contributed by atoms with Crippen LogP contribution in [0.2, 0.25) is 0 Å². The average Bonchev–Trinajstić information content (AvgIpc) is 2.60. The number of oxime groups is 1. The molecule has 2 aliphatic rings. The Balaban J connectivity index is 2.14. The van der Waals surface area contributed by atoms with Gasteiger partial charge in [0.15, 0.2) is 5.78 Å². The zero-order valence-electron chi connectivity index (χ0n) is 17.5. The lowest BCUT2D eigenvalue weighted by Gasteiger charge is -2.29. The van der Waals surface area contributed by atoms with Gasteiger partial charge in [-0.3, -0.25) is 4.79 Å². The first-order valence-electron chi connectivity index (χ1n) is 10.1. The van der Waals surface area contributed by atoms with Gasteiger partial charge in [-0.05, 0) is 37.5 Å². The first-order chi connectivity index (χ1) is 13.2. The quantitative estimate of drug-likeness (QED) is 0.286. The number of ketones is 1. The number of aliphatic hydroxyl groups is 1. The lowest BCUT2D eigenvalue weighted by Crippen LogP contribution is -2.28. The Morgan fingerprint density at radius 2 is 2.18 bits per heavy atom. The van der Waals surface area contributed by atoms with Crippen LogP contribution in [0.25, 0.3) is 0 Å². The van der Waals surface area contributed by atoms with Crippen molar-refractivity contribution >= 4 is 34.9 Å². The molecule has 0 bridgehead atoms. The van der Waals surface area contributed by atoms with E-state index in [1.165, 1.54) is 0 Å². The van der Waals surface area contributed by atoms with Crippen molar-refractivity contribution in [2.75, 3.05) is 5.75 Å². The molecule has 0 spiro atoms. The molecule has 0 saturated heterocycles. The number of carbonyl (C=O) groups excluding carboxylic acids is 1. The Morgan fingerprint density at radius 3 is 2.79 bits per heavy atom. The highest BCUT2D eigenvalue weighted by Crippen LogP contribution is 2.36. The predicted molar refractivity (Wildman–Crippen MR) is 119 cm³/mol. The van der Waals surface area contributed by atoms with Crippen LogP contribution >= 0.6 is 23.4 Å². The number of nitrogens with zero attached hydrogens (tertiary/aromatic N) is 1. The maximum absolute atomic E-state index is 12.8. The fourth-order valence-corrected chi connectivity index (χ4v) is 4.85. The van der Waals surface area contributed by atoms with Gasteiger partial charge in [0.1, 0.15) is 11.5 Å². The Bertz CT molecular complexity index is 709. The number of thioether (sulfide) groups is 1. The topological polar surface area (TPSA) is 58.9 Å². The van der Waals surface area contributed by atoms with Crippen molar-refractivity contribution < 1.29 is 14.7 Å². The predicted octanol–water partition coefficient (Wildman–Crippen LogP) is 6.18. The largest absolute Gasteiger partial charge is 0.511 e. The van der Waals surface area contributed by atoms with Crippen LogP contribution in [0, 0.1) is 11.8 Å². The molecule has 1 N–H and O–H groups in total. The molecule has 0 aliphatic heterocycles. The number of hydrogen-bond acceptors (Lipinski definition) is 5. The van der Waals surface area contributed by atoms with Gasteiger partial charge < -0.3 is 9.94 Å². The third-order valence-electron chi connectivity index (χ3n) is 5.48. The minimum atomic E-state index is -0.533. The Kier molecular flexibility index (Phi) is 8.26. The van der Waals surface area contributed by atoms with Gasteiger partial charge in [0, 0.05) is 24.0 Å². The van der Waals surface area contributed by atoms with Gasteiger partial charge in [0.25, 0.3) is 0 Å². The standard InChI is InChI=1S/C22H32ClNO3S/c1-6-17(24-27-20-9-8-10-22(5,23)15(20)4)21-18(25)12-16(13-19(21)26)11-14(3)28-7-2/h8-10,14-16,25H,6-7,11-13H2,1-5H3. The third kappa shape index (κ3) is 5.66. The summed E-state index contributed by atoms with van der Waals surface area (Å²) in [5.74, 6) is 1.95. The average molecular weight is 426 g/mol. The van der Waals surface area contributed by atoms with Gasteiger partial charge in [-0.1, -0.05) is 45.0 Å². The number of hydrogen-bond donors (Lipinski definition) is 1. The van der Waals surface area contributed by atoms with Crippen molar-refractivity contribution in [2.45, 2.75) is 70.4 Å². The van der Waals surface area contributed by atoms with E-state index < -0.39 is 4.87 Å². The molecule has 0 heterocycles. The van der Waals surface area contributed by atoms with Crippen LogP contribution in [0.5, 0.6) is 0 Å². The first-order valence-corrected chi connectivity index (χ1v) is 11.5. The lowest BCUT2D eigenvalue weighted by atomic mass is 9.82. The summed E-state index contributed by atoms with van der Waals surface area (Å²) in [7, 11) is 0. The summed E-state index contributed by atoms with van der Waals surface area (Å²) < 4.78 is 0. The van der Waals surface area contributed by atoms with Crippen LogP contribution in [0.3, 0.4) is 0 Å². The number of aliphatic hydroxyl groups excluding tert-OH is 1. The van der Waals surface area contributed by atoms with Crippen LogP contribution in [0.1, 0.15) is 60.3 Å². The smallest absolute Gasteiger partial charge is 0.168 e. The first kappa shape index (κ1) is 23.1. The van der Waals surface area contributed by atoms with Crippen LogP contribution < -0.4 is 0 Å². The molecule has 156 valence electrons. The molecule has 4 nitrogen and oxygen atoms in total. The van der Waals surface area contributed by atoms with Crippen molar-refractivity contribution in [1.29, 1.82) is 0 Å². The lowest BCUT2D eigenvalue weighted by molar-refractivity contribution is -0.116. The Morgan fingerprint density at radius 1 is 1.46 bits per heavy atom. The normalized spacial score (nSPS) is 29.7. The van der Waals surface area contributed by atoms with Gasteiger partial charge in [-0.25, -0.2) is 0 Å². The zero-order valence-corrected chi connectivity index (χ0v) is 19.1. The maximum Gasteiger partial charge on any atom is 0.168 e. The van der Waals surface area contributed by atoms with Crippen LogP contribution in [-0.4, -0.2) is 32.5 Å². The van der Waals surface area contributed by atoms with E-state index in [1.807, 2.05) is 50.8 Å². The van der Waals surface area contributed by atoms with Crippen LogP contribution in [0.4, 0.5) is 0 Å². The van der Waals surface area contributed by atoms with E-state index in [0.717, 1.165) is 12.2 Å². The van der Waals surface area contributed by atoms with Crippen molar-refractivity contribution in [2.24, 2.45) is 17.0 Å². The second kappa shape index (κ2) is 10.0. The SMILES string of the molecule is CCSC(C)CC1CC(=O)C(C(CC)=NOC2=CC=CC(C)(Cl)C2C)=C(O)C1. The minimum Gasteiger partial charge on any atom is -0.511 e. The highest BCUT2D eigenvalue weighted by atomic mass is 35.5. The molecule has 2 aliphatic carbocycles.